The van der Waals surface area contributed by atoms with Crippen LogP contribution < -0.4 is 5.32 Å². The number of hydrogen-bond acceptors (Lipinski definition) is 5. The van der Waals surface area contributed by atoms with E-state index in [0.717, 1.165) is 11.1 Å². The number of carboxylic acid groups (broad SMARTS) is 1. The minimum absolute atomic E-state index is 0.0173. The van der Waals surface area contributed by atoms with Crippen molar-refractivity contribution in [3.63, 3.8) is 0 Å². The van der Waals surface area contributed by atoms with Crippen LogP contribution in [0, 0.1) is 0 Å². The molecule has 1 aliphatic carbocycles. The maximum Gasteiger partial charge on any atom is 0.407 e. The average molecular weight is 468 g/mol. The molecule has 2 amide bonds. The molecule has 1 unspecified atom stereocenters. The van der Waals surface area contributed by atoms with Crippen LogP contribution in [0.2, 0.25) is 0 Å². The molecule has 0 spiro atoms. The van der Waals surface area contributed by atoms with E-state index in [1.807, 2.05) is 43.3 Å². The highest BCUT2D eigenvalue weighted by Crippen LogP contribution is 2.44. The van der Waals surface area contributed by atoms with Gasteiger partial charge in [0.2, 0.25) is 5.91 Å². The first-order chi connectivity index (χ1) is 16.3. The summed E-state index contributed by atoms with van der Waals surface area (Å²) in [6.07, 6.45) is 0.00364. The van der Waals surface area contributed by atoms with Crippen molar-refractivity contribution in [3.05, 3.63) is 59.7 Å². The third-order valence-corrected chi connectivity index (χ3v) is 6.00. The number of rotatable bonds is 11. The second-order valence-electron chi connectivity index (χ2n) is 8.92. The number of nitrogens with one attached hydrogen (secondary N) is 1. The van der Waals surface area contributed by atoms with Crippen molar-refractivity contribution in [1.82, 2.24) is 15.1 Å². The molecule has 0 fully saturated rings. The van der Waals surface area contributed by atoms with Crippen LogP contribution in [0.25, 0.3) is 11.1 Å². The lowest BCUT2D eigenvalue weighted by atomic mass is 9.98. The van der Waals surface area contributed by atoms with Crippen LogP contribution in [0.1, 0.15) is 36.8 Å². The van der Waals surface area contributed by atoms with Gasteiger partial charge in [-0.05, 0) is 49.7 Å². The van der Waals surface area contributed by atoms with E-state index in [4.69, 9.17) is 9.84 Å². The number of carbonyl (C=O) groups excluding carboxylic acids is 2. The van der Waals surface area contributed by atoms with E-state index >= 15 is 0 Å². The van der Waals surface area contributed by atoms with E-state index in [9.17, 15) is 14.4 Å². The van der Waals surface area contributed by atoms with Gasteiger partial charge in [-0.25, -0.2) is 4.79 Å². The molecule has 34 heavy (non-hydrogen) atoms. The van der Waals surface area contributed by atoms with Crippen LogP contribution in [0.3, 0.4) is 0 Å². The topological polar surface area (TPSA) is 99.2 Å². The molecule has 0 radical (unpaired) electrons. The highest BCUT2D eigenvalue weighted by Gasteiger charge is 2.29. The molecule has 3 rings (SSSR count). The molecule has 2 N–H and O–H groups in total. The Kier molecular flexibility index (Phi) is 8.65. The van der Waals surface area contributed by atoms with Crippen molar-refractivity contribution in [3.8, 4) is 11.1 Å². The molecule has 2 aromatic carbocycles. The Morgan fingerprint density at radius 2 is 1.59 bits per heavy atom. The maximum absolute atomic E-state index is 12.5. The van der Waals surface area contributed by atoms with Gasteiger partial charge in [0.1, 0.15) is 13.2 Å². The second kappa shape index (κ2) is 11.7. The molecule has 2 aromatic rings. The van der Waals surface area contributed by atoms with E-state index in [1.54, 1.807) is 6.92 Å². The molecule has 1 atom stereocenters. The van der Waals surface area contributed by atoms with Crippen molar-refractivity contribution < 1.29 is 24.2 Å². The first kappa shape index (κ1) is 25.2. The van der Waals surface area contributed by atoms with Gasteiger partial charge in [-0.15, -0.1) is 0 Å². The number of amides is 2. The number of likely N-dealkylation sites (N-methyl/N-ethyl adjacent to an activating group) is 1. The second-order valence-corrected chi connectivity index (χ2v) is 8.92. The number of nitrogens with zero attached hydrogens (tertiary/aromatic N) is 2. The first-order valence-electron chi connectivity index (χ1n) is 11.5. The summed E-state index contributed by atoms with van der Waals surface area (Å²) >= 11 is 0. The molecular weight excluding hydrogens is 434 g/mol. The van der Waals surface area contributed by atoms with Gasteiger partial charge in [-0.2, -0.15) is 0 Å². The van der Waals surface area contributed by atoms with E-state index in [1.165, 1.54) is 16.0 Å². The van der Waals surface area contributed by atoms with Crippen molar-refractivity contribution in [2.45, 2.75) is 31.7 Å². The molecule has 0 saturated heterocycles. The van der Waals surface area contributed by atoms with Crippen LogP contribution in [-0.4, -0.2) is 79.3 Å². The zero-order valence-electron chi connectivity index (χ0n) is 20.0. The fourth-order valence-electron chi connectivity index (χ4n) is 4.19. The average Bonchev–Trinajstić information content (AvgIpc) is 3.12. The van der Waals surface area contributed by atoms with E-state index in [-0.39, 0.29) is 37.4 Å². The third-order valence-electron chi connectivity index (χ3n) is 6.00. The molecule has 182 valence electrons. The maximum atomic E-state index is 12.5. The van der Waals surface area contributed by atoms with Crippen molar-refractivity contribution in [2.75, 3.05) is 40.3 Å². The number of fused-ring (bicyclic) bond motifs is 3. The molecule has 0 aliphatic heterocycles. The molecule has 0 heterocycles. The van der Waals surface area contributed by atoms with Crippen LogP contribution in [-0.2, 0) is 14.3 Å². The van der Waals surface area contributed by atoms with Crippen molar-refractivity contribution in [2.24, 2.45) is 0 Å². The lowest BCUT2D eigenvalue weighted by Crippen LogP contribution is -2.41. The summed E-state index contributed by atoms with van der Waals surface area (Å²) in [5.41, 5.74) is 4.62. The number of alkyl carbamates (subject to hydrolysis) is 1. The Balaban J connectivity index is 1.49. The fraction of sp³-hybridized carbons (Fsp3) is 0.423. The van der Waals surface area contributed by atoms with E-state index in [2.05, 4.69) is 29.6 Å². The van der Waals surface area contributed by atoms with Crippen molar-refractivity contribution in [1.29, 1.82) is 0 Å². The molecule has 8 nitrogen and oxygen atoms in total. The largest absolute Gasteiger partial charge is 0.480 e. The van der Waals surface area contributed by atoms with Crippen molar-refractivity contribution >= 4 is 18.0 Å². The standard InChI is InChI=1S/C26H33N3O5/c1-18(12-13-24(30)29(16-25(31)32)15-14-28(2)3)27-26(33)34-17-23-21-10-6-4-8-19(21)20-9-5-7-11-22(20)23/h4-11,18,23H,12-17H2,1-3H3,(H,27,33)(H,31,32). The number of benzene rings is 2. The highest BCUT2D eigenvalue weighted by atomic mass is 16.5. The van der Waals surface area contributed by atoms with Crippen LogP contribution in [0.5, 0.6) is 0 Å². The zero-order chi connectivity index (χ0) is 24.7. The number of aliphatic carboxylic acids is 1. The summed E-state index contributed by atoms with van der Waals surface area (Å²) in [5, 5.41) is 11.9. The number of ether oxygens (including phenoxy) is 1. The van der Waals surface area contributed by atoms with E-state index in [0.29, 0.717) is 19.5 Å². The first-order valence-corrected chi connectivity index (χ1v) is 11.5. The molecule has 1 aliphatic rings. The molecule has 8 heteroatoms. The molecular formula is C26H33N3O5. The van der Waals surface area contributed by atoms with E-state index < -0.39 is 12.1 Å². The van der Waals surface area contributed by atoms with Gasteiger partial charge in [0.05, 0.1) is 0 Å². The number of hydrogen-bond donors (Lipinski definition) is 2. The summed E-state index contributed by atoms with van der Waals surface area (Å²) in [6.45, 7) is 2.61. The lowest BCUT2D eigenvalue weighted by Gasteiger charge is -2.23. The smallest absolute Gasteiger partial charge is 0.407 e. The Hall–Kier alpha value is -3.39. The minimum atomic E-state index is -1.04. The normalized spacial score (nSPS) is 13.2. The number of carbonyl (C=O) groups is 3. The summed E-state index contributed by atoms with van der Waals surface area (Å²) in [7, 11) is 3.73. The monoisotopic (exact) mass is 467 g/mol. The third kappa shape index (κ3) is 6.57. The lowest BCUT2D eigenvalue weighted by molar-refractivity contribution is -0.144. The fourth-order valence-corrected chi connectivity index (χ4v) is 4.19. The van der Waals surface area contributed by atoms with Crippen LogP contribution >= 0.6 is 0 Å². The van der Waals surface area contributed by atoms with Gasteiger partial charge in [-0.3, -0.25) is 9.59 Å². The molecule has 0 saturated carbocycles. The van der Waals surface area contributed by atoms with Gasteiger partial charge < -0.3 is 25.0 Å². The Morgan fingerprint density at radius 3 is 2.15 bits per heavy atom. The van der Waals surface area contributed by atoms with Gasteiger partial charge >= 0.3 is 12.1 Å². The molecule has 0 bridgehead atoms. The SMILES string of the molecule is CC(CCC(=O)N(CCN(C)C)CC(=O)O)NC(=O)OCC1c2ccccc2-c2ccccc21. The van der Waals surface area contributed by atoms with Crippen LogP contribution in [0.15, 0.2) is 48.5 Å². The zero-order valence-corrected chi connectivity index (χ0v) is 20.0. The Labute approximate surface area is 200 Å². The molecule has 0 aromatic heterocycles. The number of carboxylic acids is 1. The minimum Gasteiger partial charge on any atom is -0.480 e. The van der Waals surface area contributed by atoms with Gasteiger partial charge in [0, 0.05) is 31.5 Å². The Bertz CT molecular complexity index is 978. The van der Waals surface area contributed by atoms with Gasteiger partial charge in [0.25, 0.3) is 0 Å². The summed E-state index contributed by atoms with van der Waals surface area (Å²) < 4.78 is 5.55. The highest BCUT2D eigenvalue weighted by molar-refractivity contribution is 5.81. The summed E-state index contributed by atoms with van der Waals surface area (Å²) in [4.78, 5) is 39.3. The van der Waals surface area contributed by atoms with Crippen LogP contribution in [0.4, 0.5) is 4.79 Å². The quantitative estimate of drug-likeness (QED) is 0.527. The summed E-state index contributed by atoms with van der Waals surface area (Å²) in [5.74, 6) is -1.31. The van der Waals surface area contributed by atoms with Gasteiger partial charge in [0.15, 0.2) is 0 Å². The predicted octanol–water partition coefficient (Wildman–Crippen LogP) is 3.17. The summed E-state index contributed by atoms with van der Waals surface area (Å²) in [6, 6.07) is 16.0. The van der Waals surface area contributed by atoms with Gasteiger partial charge in [-0.1, -0.05) is 48.5 Å². The predicted molar refractivity (Wildman–Crippen MR) is 130 cm³/mol. The Morgan fingerprint density at radius 1 is 1.00 bits per heavy atom.